The molecule has 2 amide bonds. The van der Waals surface area contributed by atoms with E-state index in [2.05, 4.69) is 49.3 Å². The Labute approximate surface area is 197 Å². The summed E-state index contributed by atoms with van der Waals surface area (Å²) in [6, 6.07) is -1.55. The molecule has 1 saturated heterocycles. The summed E-state index contributed by atoms with van der Waals surface area (Å²) in [5, 5.41) is 5.40. The van der Waals surface area contributed by atoms with Gasteiger partial charge in [-0.05, 0) is 19.8 Å². The van der Waals surface area contributed by atoms with Crippen molar-refractivity contribution in [3.8, 4) is 0 Å². The fourth-order valence-electron chi connectivity index (χ4n) is 3.17. The van der Waals surface area contributed by atoms with Gasteiger partial charge >= 0.3 is 5.97 Å². The molecular weight excluding hydrogens is 448 g/mol. The summed E-state index contributed by atoms with van der Waals surface area (Å²) in [5.41, 5.74) is 0. The van der Waals surface area contributed by atoms with E-state index in [1.54, 1.807) is 19.9 Å². The van der Waals surface area contributed by atoms with E-state index >= 15 is 0 Å². The SMILES string of the molecule is C=CC(C)C(NC(=O)C1CC(OP)CN1C(=O)CNP)C(=O)OCC.C=CCCCCC. The summed E-state index contributed by atoms with van der Waals surface area (Å²) in [7, 11) is 4.41. The highest BCUT2D eigenvalue weighted by molar-refractivity contribution is 7.13. The van der Waals surface area contributed by atoms with Crippen molar-refractivity contribution in [3.63, 3.8) is 0 Å². The van der Waals surface area contributed by atoms with Crippen LogP contribution in [-0.2, 0) is 23.6 Å². The van der Waals surface area contributed by atoms with Crippen LogP contribution >= 0.6 is 18.9 Å². The van der Waals surface area contributed by atoms with Crippen LogP contribution in [0, 0.1) is 5.92 Å². The molecule has 10 heteroatoms. The molecular formula is C22H41N3O5P2. The number of ether oxygens (including phenoxy) is 1. The molecule has 6 atom stereocenters. The van der Waals surface area contributed by atoms with Crippen molar-refractivity contribution in [1.29, 1.82) is 0 Å². The zero-order valence-corrected chi connectivity index (χ0v) is 22.0. The summed E-state index contributed by atoms with van der Waals surface area (Å²) in [6.45, 7) is 13.6. The number of esters is 1. The van der Waals surface area contributed by atoms with Gasteiger partial charge < -0.3 is 19.5 Å². The van der Waals surface area contributed by atoms with E-state index in [9.17, 15) is 14.4 Å². The maximum Gasteiger partial charge on any atom is 0.329 e. The number of allylic oxidation sites excluding steroid dienone is 1. The molecule has 2 N–H and O–H groups in total. The monoisotopic (exact) mass is 489 g/mol. The van der Waals surface area contributed by atoms with Gasteiger partial charge in [0.15, 0.2) is 0 Å². The highest BCUT2D eigenvalue weighted by Crippen LogP contribution is 2.23. The Morgan fingerprint density at radius 3 is 2.44 bits per heavy atom. The van der Waals surface area contributed by atoms with Gasteiger partial charge in [-0.15, -0.1) is 13.2 Å². The van der Waals surface area contributed by atoms with Gasteiger partial charge in [-0.3, -0.25) is 14.7 Å². The molecule has 32 heavy (non-hydrogen) atoms. The molecule has 0 aromatic rings. The standard InChI is InChI=1S/C15H27N3O5P2.C7H14/c1-4-9(3)13(15(21)22-5-2)17-14(20)11-6-10(23-25)8-18(11)12(19)7-16-24;1-3-5-7-6-4-2/h4,9-11,13,16H,1,5-8,24-25H2,2-3H3,(H,17,20);3H,1,4-7H2,2H3. The van der Waals surface area contributed by atoms with Crippen LogP contribution in [0.5, 0.6) is 0 Å². The third kappa shape index (κ3) is 11.0. The van der Waals surface area contributed by atoms with Gasteiger partial charge in [-0.1, -0.05) is 48.2 Å². The van der Waals surface area contributed by atoms with E-state index in [4.69, 9.17) is 9.26 Å². The number of carbonyl (C=O) groups excluding carboxylic acids is 3. The van der Waals surface area contributed by atoms with Crippen LogP contribution in [0.1, 0.15) is 52.9 Å². The fraction of sp³-hybridized carbons (Fsp3) is 0.682. The number of nitrogens with one attached hydrogen (secondary N) is 2. The molecule has 1 aliphatic heterocycles. The molecule has 1 aliphatic rings. The summed E-state index contributed by atoms with van der Waals surface area (Å²) in [5.74, 6) is -1.46. The first-order valence-corrected chi connectivity index (χ1v) is 12.1. The lowest BCUT2D eigenvalue weighted by Crippen LogP contribution is -2.53. The molecule has 0 aliphatic carbocycles. The van der Waals surface area contributed by atoms with Crippen molar-refractivity contribution in [2.45, 2.75) is 71.1 Å². The molecule has 0 saturated carbocycles. The van der Waals surface area contributed by atoms with Crippen molar-refractivity contribution in [1.82, 2.24) is 15.3 Å². The van der Waals surface area contributed by atoms with Gasteiger partial charge in [-0.25, -0.2) is 4.79 Å². The lowest BCUT2D eigenvalue weighted by Gasteiger charge is -2.27. The van der Waals surface area contributed by atoms with Gasteiger partial charge in [-0.2, -0.15) is 0 Å². The molecule has 1 fully saturated rings. The Morgan fingerprint density at radius 1 is 1.25 bits per heavy atom. The minimum Gasteiger partial charge on any atom is -0.464 e. The van der Waals surface area contributed by atoms with Crippen LogP contribution < -0.4 is 10.4 Å². The number of carbonyl (C=O) groups is 3. The predicted molar refractivity (Wildman–Crippen MR) is 135 cm³/mol. The van der Waals surface area contributed by atoms with E-state index in [0.717, 1.165) is 0 Å². The molecule has 1 rings (SSSR count). The molecule has 8 nitrogen and oxygen atoms in total. The number of likely N-dealkylation sites (tertiary alicyclic amines) is 1. The Balaban J connectivity index is 0.00000118. The smallest absolute Gasteiger partial charge is 0.329 e. The second kappa shape index (κ2) is 18.1. The second-order valence-electron chi connectivity index (χ2n) is 7.55. The van der Waals surface area contributed by atoms with Crippen LogP contribution in [0.15, 0.2) is 25.3 Å². The maximum atomic E-state index is 12.7. The van der Waals surface area contributed by atoms with Crippen LogP contribution in [0.25, 0.3) is 0 Å². The molecule has 0 bridgehead atoms. The molecule has 0 aromatic carbocycles. The minimum absolute atomic E-state index is 0.0857. The lowest BCUT2D eigenvalue weighted by atomic mass is 10.0. The fourth-order valence-corrected chi connectivity index (χ4v) is 3.54. The highest BCUT2D eigenvalue weighted by Gasteiger charge is 2.41. The van der Waals surface area contributed by atoms with E-state index in [1.807, 2.05) is 6.08 Å². The van der Waals surface area contributed by atoms with E-state index < -0.39 is 24.0 Å². The van der Waals surface area contributed by atoms with Crippen molar-refractivity contribution in [2.75, 3.05) is 19.7 Å². The zero-order chi connectivity index (χ0) is 24.5. The van der Waals surface area contributed by atoms with E-state index in [1.165, 1.54) is 30.6 Å². The first-order chi connectivity index (χ1) is 15.3. The largest absolute Gasteiger partial charge is 0.464 e. The van der Waals surface area contributed by atoms with Crippen LogP contribution in [0.3, 0.4) is 0 Å². The number of hydrogen-bond donors (Lipinski definition) is 2. The van der Waals surface area contributed by atoms with Crippen molar-refractivity contribution in [2.24, 2.45) is 5.92 Å². The molecule has 1 heterocycles. The Bertz CT molecular complexity index is 606. The van der Waals surface area contributed by atoms with Crippen LogP contribution in [0.4, 0.5) is 0 Å². The Kier molecular flexibility index (Phi) is 17.4. The number of nitrogens with zero attached hydrogens (tertiary/aromatic N) is 1. The minimum atomic E-state index is -0.849. The normalized spacial score (nSPS) is 19.2. The highest BCUT2D eigenvalue weighted by atomic mass is 31.0. The predicted octanol–water partition coefficient (Wildman–Crippen LogP) is 2.76. The van der Waals surface area contributed by atoms with Crippen molar-refractivity contribution in [3.05, 3.63) is 25.3 Å². The molecule has 0 spiro atoms. The van der Waals surface area contributed by atoms with Crippen LogP contribution in [-0.4, -0.2) is 60.6 Å². The number of unbranched alkanes of at least 4 members (excludes halogenated alkanes) is 3. The third-order valence-corrected chi connectivity index (χ3v) is 5.67. The number of rotatable bonds is 13. The van der Waals surface area contributed by atoms with Crippen LogP contribution in [0.2, 0.25) is 0 Å². The van der Waals surface area contributed by atoms with E-state index in [0.29, 0.717) is 13.0 Å². The van der Waals surface area contributed by atoms with Gasteiger partial charge in [0, 0.05) is 28.4 Å². The van der Waals surface area contributed by atoms with E-state index in [-0.39, 0.29) is 31.1 Å². The van der Waals surface area contributed by atoms with Gasteiger partial charge in [0.05, 0.1) is 19.3 Å². The van der Waals surface area contributed by atoms with Gasteiger partial charge in [0.2, 0.25) is 11.8 Å². The topological polar surface area (TPSA) is 97.0 Å². The second-order valence-corrected chi connectivity index (χ2v) is 8.23. The summed E-state index contributed by atoms with van der Waals surface area (Å²) < 4.78 is 10.2. The van der Waals surface area contributed by atoms with Gasteiger partial charge in [0.1, 0.15) is 12.1 Å². The molecule has 0 aromatic heterocycles. The molecule has 0 radical (unpaired) electrons. The molecule has 6 unspecified atom stereocenters. The quantitative estimate of drug-likeness (QED) is 0.179. The molecule has 184 valence electrons. The third-order valence-electron chi connectivity index (χ3n) is 5.08. The number of hydrogen-bond acceptors (Lipinski definition) is 6. The average molecular weight is 490 g/mol. The summed E-state index contributed by atoms with van der Waals surface area (Å²) >= 11 is 0. The van der Waals surface area contributed by atoms with Crippen molar-refractivity contribution >= 4 is 36.6 Å². The first kappa shape index (κ1) is 30.7. The summed E-state index contributed by atoms with van der Waals surface area (Å²) in [4.78, 5) is 38.6. The maximum absolute atomic E-state index is 12.7. The first-order valence-electron chi connectivity index (χ1n) is 11.1. The lowest BCUT2D eigenvalue weighted by molar-refractivity contribution is -0.149. The average Bonchev–Trinajstić information content (AvgIpc) is 3.23. The Hall–Kier alpha value is -1.33. The zero-order valence-electron chi connectivity index (χ0n) is 19.7. The van der Waals surface area contributed by atoms with Crippen molar-refractivity contribution < 1.29 is 23.6 Å². The number of amides is 2. The summed E-state index contributed by atoms with van der Waals surface area (Å²) in [6.07, 6.45) is 8.83. The Morgan fingerprint density at radius 2 is 1.94 bits per heavy atom. The van der Waals surface area contributed by atoms with Gasteiger partial charge in [0.25, 0.3) is 0 Å².